The summed E-state index contributed by atoms with van der Waals surface area (Å²) in [7, 11) is 1.85. The van der Waals surface area contributed by atoms with Gasteiger partial charge in [0.15, 0.2) is 5.82 Å². The molecule has 5 rings (SSSR count). The first-order valence-corrected chi connectivity index (χ1v) is 9.71. The number of anilines is 3. The summed E-state index contributed by atoms with van der Waals surface area (Å²) in [5.74, 6) is 3.65. The van der Waals surface area contributed by atoms with Crippen molar-refractivity contribution in [2.45, 2.75) is 50.0 Å². The zero-order chi connectivity index (χ0) is 17.6. The standard InChI is InChI=1S/C19H26N6O/c1-26-19(7-8-19)14-3-2-10-25(12-14)18-20-9-6-16(22-18)21-17-11-15(23-24-17)13-4-5-13/h6,9,11,13-14H,2-5,7-8,10,12H2,1H3,(H2,20,21,22,23,24). The highest BCUT2D eigenvalue weighted by Crippen LogP contribution is 2.48. The van der Waals surface area contributed by atoms with Gasteiger partial charge in [0, 0.05) is 50.0 Å². The van der Waals surface area contributed by atoms with Crippen molar-refractivity contribution in [1.29, 1.82) is 0 Å². The van der Waals surface area contributed by atoms with Gasteiger partial charge in [0.1, 0.15) is 5.82 Å². The molecule has 0 bridgehead atoms. The highest BCUT2D eigenvalue weighted by atomic mass is 16.5. The second-order valence-corrected chi connectivity index (χ2v) is 7.90. The van der Waals surface area contributed by atoms with Gasteiger partial charge in [0.2, 0.25) is 5.95 Å². The molecule has 26 heavy (non-hydrogen) atoms. The zero-order valence-electron chi connectivity index (χ0n) is 15.2. The summed E-state index contributed by atoms with van der Waals surface area (Å²) in [4.78, 5) is 11.6. The van der Waals surface area contributed by atoms with Crippen LogP contribution in [0.1, 0.15) is 50.1 Å². The molecule has 2 aromatic heterocycles. The number of methoxy groups -OCH3 is 1. The van der Waals surface area contributed by atoms with E-state index in [9.17, 15) is 0 Å². The molecule has 3 heterocycles. The first-order valence-electron chi connectivity index (χ1n) is 9.71. The Morgan fingerprint density at radius 2 is 2.15 bits per heavy atom. The third-order valence-electron chi connectivity index (χ3n) is 6.11. The van der Waals surface area contributed by atoms with E-state index in [0.717, 1.165) is 30.7 Å². The molecule has 2 N–H and O–H groups in total. The topological polar surface area (TPSA) is 79.0 Å². The van der Waals surface area contributed by atoms with Crippen molar-refractivity contribution < 1.29 is 4.74 Å². The van der Waals surface area contributed by atoms with Crippen LogP contribution in [0, 0.1) is 5.92 Å². The number of H-pyrrole nitrogens is 1. The van der Waals surface area contributed by atoms with E-state index in [2.05, 4.69) is 31.5 Å². The van der Waals surface area contributed by atoms with Crippen LogP contribution in [-0.2, 0) is 4.74 Å². The van der Waals surface area contributed by atoms with Crippen LogP contribution >= 0.6 is 0 Å². The van der Waals surface area contributed by atoms with Gasteiger partial charge in [-0.2, -0.15) is 10.1 Å². The van der Waals surface area contributed by atoms with E-state index < -0.39 is 0 Å². The second-order valence-electron chi connectivity index (χ2n) is 7.90. The largest absolute Gasteiger partial charge is 0.378 e. The molecule has 0 aromatic carbocycles. The van der Waals surface area contributed by atoms with Crippen molar-refractivity contribution >= 4 is 17.6 Å². The first-order chi connectivity index (χ1) is 12.8. The molecular formula is C19H26N6O. The Kier molecular flexibility index (Phi) is 3.85. The molecule has 2 aliphatic carbocycles. The van der Waals surface area contributed by atoms with Crippen LogP contribution in [0.4, 0.5) is 17.6 Å². The van der Waals surface area contributed by atoms with Crippen molar-refractivity contribution in [2.75, 3.05) is 30.4 Å². The number of rotatable bonds is 6. The van der Waals surface area contributed by atoms with E-state index in [1.807, 2.05) is 19.4 Å². The maximum atomic E-state index is 5.81. The number of hydrogen-bond donors (Lipinski definition) is 2. The molecule has 2 saturated carbocycles. The monoisotopic (exact) mass is 354 g/mol. The van der Waals surface area contributed by atoms with Crippen molar-refractivity contribution in [3.8, 4) is 0 Å². The molecule has 2 aromatic rings. The van der Waals surface area contributed by atoms with Crippen LogP contribution in [0.25, 0.3) is 0 Å². The van der Waals surface area contributed by atoms with E-state index in [1.54, 1.807) is 0 Å². The number of ether oxygens (including phenoxy) is 1. The Bertz CT molecular complexity index is 782. The van der Waals surface area contributed by atoms with Crippen LogP contribution in [0.15, 0.2) is 18.3 Å². The lowest BCUT2D eigenvalue weighted by atomic mass is 9.90. The fourth-order valence-electron chi connectivity index (χ4n) is 4.20. The minimum atomic E-state index is 0.114. The molecule has 1 atom stereocenters. The Hall–Kier alpha value is -2.15. The predicted molar refractivity (Wildman–Crippen MR) is 99.8 cm³/mol. The number of aromatic nitrogens is 4. The third-order valence-corrected chi connectivity index (χ3v) is 6.11. The van der Waals surface area contributed by atoms with Crippen molar-refractivity contribution in [1.82, 2.24) is 20.2 Å². The van der Waals surface area contributed by atoms with Crippen molar-refractivity contribution in [2.24, 2.45) is 5.92 Å². The molecule has 3 aliphatic rings. The lowest BCUT2D eigenvalue weighted by Gasteiger charge is -2.36. The summed E-state index contributed by atoms with van der Waals surface area (Å²) in [5, 5.41) is 10.8. The SMILES string of the molecule is COC1(C2CCCN(c3nccc(Nc4cc(C5CC5)[nH]n4)n3)C2)CC1. The number of nitrogens with one attached hydrogen (secondary N) is 2. The Balaban J connectivity index is 1.29. The summed E-state index contributed by atoms with van der Waals surface area (Å²) in [6.45, 7) is 1.99. The minimum Gasteiger partial charge on any atom is -0.378 e. The van der Waals surface area contributed by atoms with Gasteiger partial charge in [-0.15, -0.1) is 0 Å². The molecular weight excluding hydrogens is 328 g/mol. The van der Waals surface area contributed by atoms with Crippen LogP contribution in [0.5, 0.6) is 0 Å². The van der Waals surface area contributed by atoms with E-state index in [-0.39, 0.29) is 5.60 Å². The van der Waals surface area contributed by atoms with Crippen LogP contribution in [0.3, 0.4) is 0 Å². The van der Waals surface area contributed by atoms with E-state index >= 15 is 0 Å². The van der Waals surface area contributed by atoms with Gasteiger partial charge in [0.25, 0.3) is 0 Å². The van der Waals surface area contributed by atoms with Gasteiger partial charge in [-0.3, -0.25) is 5.10 Å². The predicted octanol–water partition coefficient (Wildman–Crippen LogP) is 3.22. The van der Waals surface area contributed by atoms with Gasteiger partial charge in [-0.25, -0.2) is 4.98 Å². The summed E-state index contributed by atoms with van der Waals surface area (Å²) >= 11 is 0. The number of aromatic amines is 1. The molecule has 138 valence electrons. The highest BCUT2D eigenvalue weighted by Gasteiger charge is 2.50. The lowest BCUT2D eigenvalue weighted by molar-refractivity contribution is 0.0225. The maximum absolute atomic E-state index is 5.81. The van der Waals surface area contributed by atoms with Gasteiger partial charge in [0.05, 0.1) is 5.60 Å². The number of nitrogens with zero attached hydrogens (tertiary/aromatic N) is 4. The molecule has 7 nitrogen and oxygen atoms in total. The lowest BCUT2D eigenvalue weighted by Crippen LogP contribution is -2.42. The van der Waals surface area contributed by atoms with Crippen molar-refractivity contribution in [3.05, 3.63) is 24.0 Å². The summed E-state index contributed by atoms with van der Waals surface area (Å²) < 4.78 is 5.81. The fraction of sp³-hybridized carbons (Fsp3) is 0.632. The molecule has 1 saturated heterocycles. The molecule has 1 aliphatic heterocycles. The molecule has 0 amide bonds. The van der Waals surface area contributed by atoms with Crippen LogP contribution in [0.2, 0.25) is 0 Å². The minimum absolute atomic E-state index is 0.114. The van der Waals surface area contributed by atoms with E-state index in [4.69, 9.17) is 9.72 Å². The van der Waals surface area contributed by atoms with Gasteiger partial charge in [-0.1, -0.05) is 0 Å². The normalized spacial score (nSPS) is 24.5. The molecule has 3 fully saturated rings. The van der Waals surface area contributed by atoms with Gasteiger partial charge in [-0.05, 0) is 44.6 Å². The third kappa shape index (κ3) is 3.05. The Morgan fingerprint density at radius 3 is 2.92 bits per heavy atom. The van der Waals surface area contributed by atoms with Gasteiger partial charge < -0.3 is 15.0 Å². The van der Waals surface area contributed by atoms with Crippen molar-refractivity contribution in [3.63, 3.8) is 0 Å². The quantitative estimate of drug-likeness (QED) is 0.829. The van der Waals surface area contributed by atoms with E-state index in [0.29, 0.717) is 11.8 Å². The van der Waals surface area contributed by atoms with Crippen LogP contribution < -0.4 is 10.2 Å². The number of hydrogen-bond acceptors (Lipinski definition) is 6. The summed E-state index contributed by atoms with van der Waals surface area (Å²) in [6, 6.07) is 3.99. The average molecular weight is 354 g/mol. The van der Waals surface area contributed by atoms with Crippen LogP contribution in [-0.4, -0.2) is 46.0 Å². The maximum Gasteiger partial charge on any atom is 0.227 e. The second kappa shape index (κ2) is 6.23. The van der Waals surface area contributed by atoms with Gasteiger partial charge >= 0.3 is 0 Å². The molecule has 1 unspecified atom stereocenters. The molecule has 7 heteroatoms. The zero-order valence-corrected chi connectivity index (χ0v) is 15.2. The fourth-order valence-corrected chi connectivity index (χ4v) is 4.20. The Morgan fingerprint density at radius 1 is 1.27 bits per heavy atom. The average Bonchev–Trinajstić information content (AvgIpc) is 3.61. The number of piperidine rings is 1. The highest BCUT2D eigenvalue weighted by molar-refractivity contribution is 5.53. The smallest absolute Gasteiger partial charge is 0.227 e. The summed E-state index contributed by atoms with van der Waals surface area (Å²) in [5.41, 5.74) is 1.33. The summed E-state index contributed by atoms with van der Waals surface area (Å²) in [6.07, 6.45) is 9.13. The molecule has 0 radical (unpaired) electrons. The molecule has 0 spiro atoms. The Labute approximate surface area is 153 Å². The van der Waals surface area contributed by atoms with E-state index in [1.165, 1.54) is 44.2 Å². The first kappa shape index (κ1) is 16.1.